The van der Waals surface area contributed by atoms with Crippen LogP contribution in [-0.4, -0.2) is 62.1 Å². The first kappa shape index (κ1) is 23.8. The molecule has 0 spiro atoms. The van der Waals surface area contributed by atoms with Crippen LogP contribution >= 0.6 is 0 Å². The van der Waals surface area contributed by atoms with E-state index < -0.39 is 10.0 Å². The molecule has 1 amide bonds. The second-order valence-corrected chi connectivity index (χ2v) is 9.75. The van der Waals surface area contributed by atoms with Crippen molar-refractivity contribution in [2.45, 2.75) is 25.2 Å². The number of nitrogens with one attached hydrogen (secondary N) is 1. The minimum absolute atomic E-state index is 0.0572. The molecule has 0 atom stereocenters. The van der Waals surface area contributed by atoms with Crippen LogP contribution in [0.3, 0.4) is 0 Å². The van der Waals surface area contributed by atoms with Gasteiger partial charge in [0.05, 0.1) is 11.4 Å². The maximum atomic E-state index is 13.1. The normalized spacial score (nSPS) is 14.4. The van der Waals surface area contributed by atoms with Gasteiger partial charge in [0.2, 0.25) is 27.6 Å². The van der Waals surface area contributed by atoms with Gasteiger partial charge in [0.1, 0.15) is 5.82 Å². The first-order chi connectivity index (χ1) is 16.3. The van der Waals surface area contributed by atoms with Gasteiger partial charge in [0.15, 0.2) is 0 Å². The number of aromatic nitrogens is 2. The smallest absolute Gasteiger partial charge is 0.241 e. The standard InChI is InChI=1S/C23H26FN5O4S/c1-3-21-26-23(27-33-21)17-5-4-16(2)20(14-17)34(31,32)25-15-22(30)29-12-10-28(11-13-29)19-8-6-18(24)7-9-19/h4-9,14,25H,3,10-13,15H2,1-2H3. The Hall–Kier alpha value is -3.31. The molecule has 1 aromatic heterocycles. The van der Waals surface area contributed by atoms with Crippen LogP contribution in [0.4, 0.5) is 10.1 Å². The van der Waals surface area contributed by atoms with Crippen molar-refractivity contribution in [3.8, 4) is 11.4 Å². The van der Waals surface area contributed by atoms with Gasteiger partial charge < -0.3 is 14.3 Å². The van der Waals surface area contributed by atoms with Crippen LogP contribution in [-0.2, 0) is 21.2 Å². The quantitative estimate of drug-likeness (QED) is 0.545. The molecule has 2 heterocycles. The molecule has 0 unspecified atom stereocenters. The number of rotatable bonds is 7. The number of amides is 1. The van der Waals surface area contributed by atoms with E-state index in [0.717, 1.165) is 5.69 Å². The third kappa shape index (κ3) is 5.26. The Morgan fingerprint density at radius 3 is 2.47 bits per heavy atom. The molecule has 180 valence electrons. The van der Waals surface area contributed by atoms with Crippen LogP contribution in [0.5, 0.6) is 0 Å². The van der Waals surface area contributed by atoms with Crippen LogP contribution in [0.2, 0.25) is 0 Å². The second-order valence-electron chi connectivity index (χ2n) is 8.01. The van der Waals surface area contributed by atoms with Crippen molar-refractivity contribution in [1.29, 1.82) is 0 Å². The van der Waals surface area contributed by atoms with Gasteiger partial charge in [-0.1, -0.05) is 24.2 Å². The van der Waals surface area contributed by atoms with Gasteiger partial charge >= 0.3 is 0 Å². The molecule has 3 aromatic rings. The van der Waals surface area contributed by atoms with Crippen LogP contribution in [0.15, 0.2) is 51.9 Å². The van der Waals surface area contributed by atoms with Gasteiger partial charge in [-0.3, -0.25) is 4.79 Å². The summed E-state index contributed by atoms with van der Waals surface area (Å²) in [5, 5.41) is 3.89. The average Bonchev–Trinajstić information content (AvgIpc) is 3.33. The Morgan fingerprint density at radius 1 is 1.12 bits per heavy atom. The van der Waals surface area contributed by atoms with Crippen LogP contribution in [0.25, 0.3) is 11.4 Å². The van der Waals surface area contributed by atoms with Crippen molar-refractivity contribution in [3.05, 3.63) is 59.7 Å². The van der Waals surface area contributed by atoms with Crippen molar-refractivity contribution in [2.75, 3.05) is 37.6 Å². The van der Waals surface area contributed by atoms with Crippen molar-refractivity contribution >= 4 is 21.6 Å². The highest BCUT2D eigenvalue weighted by Crippen LogP contribution is 2.23. The van der Waals surface area contributed by atoms with Gasteiger partial charge in [-0.25, -0.2) is 17.5 Å². The summed E-state index contributed by atoms with van der Waals surface area (Å²) in [6.07, 6.45) is 0.575. The fourth-order valence-electron chi connectivity index (χ4n) is 3.76. The molecular weight excluding hydrogens is 461 g/mol. The molecule has 0 aliphatic carbocycles. The minimum Gasteiger partial charge on any atom is -0.368 e. The summed E-state index contributed by atoms with van der Waals surface area (Å²) in [7, 11) is -3.94. The molecule has 1 N–H and O–H groups in total. The number of anilines is 1. The topological polar surface area (TPSA) is 109 Å². The number of aryl methyl sites for hydroxylation is 2. The second kappa shape index (κ2) is 9.90. The largest absolute Gasteiger partial charge is 0.368 e. The summed E-state index contributed by atoms with van der Waals surface area (Å²) >= 11 is 0. The number of carbonyl (C=O) groups is 1. The van der Waals surface area contributed by atoms with E-state index in [0.29, 0.717) is 55.4 Å². The molecular formula is C23H26FN5O4S. The minimum atomic E-state index is -3.94. The lowest BCUT2D eigenvalue weighted by molar-refractivity contribution is -0.130. The molecule has 4 rings (SSSR count). The lowest BCUT2D eigenvalue weighted by atomic mass is 10.1. The maximum Gasteiger partial charge on any atom is 0.241 e. The van der Waals surface area contributed by atoms with E-state index in [1.165, 1.54) is 18.2 Å². The predicted octanol–water partition coefficient (Wildman–Crippen LogP) is 2.37. The Balaban J connectivity index is 1.38. The van der Waals surface area contributed by atoms with E-state index in [9.17, 15) is 17.6 Å². The Morgan fingerprint density at radius 2 is 1.82 bits per heavy atom. The summed E-state index contributed by atoms with van der Waals surface area (Å²) in [6.45, 7) is 5.28. The molecule has 2 aromatic carbocycles. The van der Waals surface area contributed by atoms with E-state index in [4.69, 9.17) is 4.52 Å². The van der Waals surface area contributed by atoms with Gasteiger partial charge in [0, 0.05) is 43.9 Å². The zero-order valence-electron chi connectivity index (χ0n) is 19.0. The van der Waals surface area contributed by atoms with E-state index in [1.807, 2.05) is 6.92 Å². The fraction of sp³-hybridized carbons (Fsp3) is 0.348. The van der Waals surface area contributed by atoms with Gasteiger partial charge in [0.25, 0.3) is 0 Å². The van der Waals surface area contributed by atoms with E-state index >= 15 is 0 Å². The van der Waals surface area contributed by atoms with E-state index in [-0.39, 0.29) is 23.2 Å². The molecule has 0 saturated carbocycles. The molecule has 0 radical (unpaired) electrons. The van der Waals surface area contributed by atoms with Crippen LogP contribution in [0.1, 0.15) is 18.4 Å². The first-order valence-electron chi connectivity index (χ1n) is 11.0. The third-order valence-electron chi connectivity index (χ3n) is 5.74. The average molecular weight is 488 g/mol. The number of piperazine rings is 1. The molecule has 1 fully saturated rings. The number of benzene rings is 2. The lowest BCUT2D eigenvalue weighted by Gasteiger charge is -2.36. The van der Waals surface area contributed by atoms with Gasteiger partial charge in [-0.05, 0) is 42.8 Å². The van der Waals surface area contributed by atoms with Gasteiger partial charge in [-0.15, -0.1) is 0 Å². The lowest BCUT2D eigenvalue weighted by Crippen LogP contribution is -2.51. The number of nitrogens with zero attached hydrogens (tertiary/aromatic N) is 4. The van der Waals surface area contributed by atoms with Crippen molar-refractivity contribution in [3.63, 3.8) is 0 Å². The predicted molar refractivity (Wildman–Crippen MR) is 124 cm³/mol. The summed E-state index contributed by atoms with van der Waals surface area (Å²) in [4.78, 5) is 20.7. The zero-order chi connectivity index (χ0) is 24.3. The maximum absolute atomic E-state index is 13.1. The Labute approximate surface area is 197 Å². The van der Waals surface area contributed by atoms with Crippen molar-refractivity contribution in [1.82, 2.24) is 19.8 Å². The Bertz CT molecular complexity index is 1270. The number of hydrogen-bond acceptors (Lipinski definition) is 7. The first-order valence-corrected chi connectivity index (χ1v) is 12.5. The summed E-state index contributed by atoms with van der Waals surface area (Å²) in [6, 6.07) is 11.1. The van der Waals surface area contributed by atoms with Crippen molar-refractivity contribution in [2.24, 2.45) is 0 Å². The molecule has 34 heavy (non-hydrogen) atoms. The Kier molecular flexibility index (Phi) is 6.94. The molecule has 0 bridgehead atoms. The summed E-state index contributed by atoms with van der Waals surface area (Å²) in [5.41, 5.74) is 1.94. The van der Waals surface area contributed by atoms with E-state index in [2.05, 4.69) is 19.8 Å². The highest BCUT2D eigenvalue weighted by atomic mass is 32.2. The van der Waals surface area contributed by atoms with E-state index in [1.54, 1.807) is 36.1 Å². The van der Waals surface area contributed by atoms with Crippen LogP contribution < -0.4 is 9.62 Å². The molecule has 9 nitrogen and oxygen atoms in total. The van der Waals surface area contributed by atoms with Crippen LogP contribution in [0, 0.1) is 12.7 Å². The SMILES string of the molecule is CCc1nc(-c2ccc(C)c(S(=O)(=O)NCC(=O)N3CCN(c4ccc(F)cc4)CC3)c2)no1. The summed E-state index contributed by atoms with van der Waals surface area (Å²) in [5.74, 6) is 0.169. The number of halogens is 1. The fourth-order valence-corrected chi connectivity index (χ4v) is 5.00. The number of hydrogen-bond donors (Lipinski definition) is 1. The number of sulfonamides is 1. The third-order valence-corrected chi connectivity index (χ3v) is 7.29. The zero-order valence-corrected chi connectivity index (χ0v) is 19.8. The molecule has 1 saturated heterocycles. The molecule has 1 aliphatic rings. The molecule has 1 aliphatic heterocycles. The van der Waals surface area contributed by atoms with Gasteiger partial charge in [-0.2, -0.15) is 4.98 Å². The molecule has 11 heteroatoms. The van der Waals surface area contributed by atoms with Crippen molar-refractivity contribution < 1.29 is 22.1 Å². The highest BCUT2D eigenvalue weighted by molar-refractivity contribution is 7.89. The monoisotopic (exact) mass is 487 g/mol. The number of carbonyl (C=O) groups excluding carboxylic acids is 1. The highest BCUT2D eigenvalue weighted by Gasteiger charge is 2.24. The summed E-state index contributed by atoms with van der Waals surface area (Å²) < 4.78 is 46.6.